The third-order valence-corrected chi connectivity index (χ3v) is 4.10. The highest BCUT2D eigenvalue weighted by atomic mass is 16.6. The van der Waals surface area contributed by atoms with Crippen molar-refractivity contribution in [3.63, 3.8) is 0 Å². The van der Waals surface area contributed by atoms with Crippen LogP contribution in [0.3, 0.4) is 0 Å². The zero-order valence-corrected chi connectivity index (χ0v) is 13.1. The molecule has 0 aliphatic heterocycles. The van der Waals surface area contributed by atoms with Crippen molar-refractivity contribution in [2.45, 2.75) is 46.6 Å². The average molecular weight is 305 g/mol. The van der Waals surface area contributed by atoms with E-state index < -0.39 is 10.9 Å². The second kappa shape index (κ2) is 5.75. The highest BCUT2D eigenvalue weighted by molar-refractivity contribution is 5.99. The van der Waals surface area contributed by atoms with Crippen LogP contribution in [0.15, 0.2) is 6.07 Å². The van der Waals surface area contributed by atoms with Gasteiger partial charge in [0, 0.05) is 11.6 Å². The van der Waals surface area contributed by atoms with Gasteiger partial charge in [0.15, 0.2) is 0 Å². The number of aryl methyl sites for hydroxylation is 1. The molecule has 0 aliphatic rings. The van der Waals surface area contributed by atoms with Gasteiger partial charge in [0.1, 0.15) is 11.3 Å². The third kappa shape index (κ3) is 2.32. The molecular formula is C15H19N3O4. The van der Waals surface area contributed by atoms with E-state index in [1.807, 2.05) is 18.4 Å². The van der Waals surface area contributed by atoms with E-state index >= 15 is 0 Å². The summed E-state index contributed by atoms with van der Waals surface area (Å²) >= 11 is 0. The summed E-state index contributed by atoms with van der Waals surface area (Å²) in [6.07, 6.45) is 1.64. The summed E-state index contributed by atoms with van der Waals surface area (Å²) in [5.74, 6) is -0.522. The summed E-state index contributed by atoms with van der Waals surface area (Å²) in [5.41, 5.74) is 0.700. The Hall–Kier alpha value is -2.44. The molecule has 0 atom stereocenters. The van der Waals surface area contributed by atoms with Gasteiger partial charge in [0.25, 0.3) is 5.69 Å². The highest BCUT2D eigenvalue weighted by Crippen LogP contribution is 2.35. The molecule has 0 fully saturated rings. The van der Waals surface area contributed by atoms with Crippen molar-refractivity contribution in [2.24, 2.45) is 0 Å². The molecule has 0 amide bonds. The molecule has 1 heterocycles. The first-order chi connectivity index (χ1) is 10.3. The van der Waals surface area contributed by atoms with Crippen molar-refractivity contribution in [3.05, 3.63) is 33.1 Å². The lowest BCUT2D eigenvalue weighted by atomic mass is 10.0. The lowest BCUT2D eigenvalue weighted by Gasteiger charge is -2.18. The van der Waals surface area contributed by atoms with Crippen LogP contribution in [0.2, 0.25) is 0 Å². The van der Waals surface area contributed by atoms with Gasteiger partial charge >= 0.3 is 5.97 Å². The minimum atomic E-state index is -1.18. The summed E-state index contributed by atoms with van der Waals surface area (Å²) < 4.78 is 1.87. The normalized spacial score (nSPS) is 11.3. The maximum Gasteiger partial charge on any atom is 0.336 e. The van der Waals surface area contributed by atoms with E-state index in [1.54, 1.807) is 6.92 Å². The van der Waals surface area contributed by atoms with Gasteiger partial charge in [-0.1, -0.05) is 13.8 Å². The van der Waals surface area contributed by atoms with Crippen LogP contribution >= 0.6 is 0 Å². The average Bonchev–Trinajstić information content (AvgIpc) is 2.75. The number of aromatic nitrogens is 2. The Balaban J connectivity index is 2.97. The van der Waals surface area contributed by atoms with Crippen molar-refractivity contribution >= 4 is 22.7 Å². The second-order valence-electron chi connectivity index (χ2n) is 5.33. The summed E-state index contributed by atoms with van der Waals surface area (Å²) in [5, 5.41) is 20.8. The topological polar surface area (TPSA) is 98.3 Å². The molecule has 2 aromatic rings. The van der Waals surface area contributed by atoms with Gasteiger partial charge in [0.2, 0.25) is 0 Å². The molecule has 22 heavy (non-hydrogen) atoms. The van der Waals surface area contributed by atoms with E-state index in [0.29, 0.717) is 16.9 Å². The van der Waals surface area contributed by atoms with Gasteiger partial charge in [-0.15, -0.1) is 0 Å². The molecule has 0 unspecified atom stereocenters. The predicted octanol–water partition coefficient (Wildman–Crippen LogP) is 3.62. The number of hydrogen-bond donors (Lipinski definition) is 1. The number of imidazole rings is 1. The van der Waals surface area contributed by atoms with Gasteiger partial charge in [-0.25, -0.2) is 9.78 Å². The maximum absolute atomic E-state index is 11.5. The van der Waals surface area contributed by atoms with Crippen LogP contribution in [0.25, 0.3) is 11.0 Å². The van der Waals surface area contributed by atoms with Crippen LogP contribution in [0.5, 0.6) is 0 Å². The molecule has 1 aromatic carbocycles. The number of carboxylic acids is 1. The molecule has 0 aliphatic carbocycles. The molecule has 0 saturated heterocycles. The van der Waals surface area contributed by atoms with Crippen molar-refractivity contribution in [2.75, 3.05) is 0 Å². The van der Waals surface area contributed by atoms with E-state index in [-0.39, 0.29) is 22.9 Å². The zero-order chi connectivity index (χ0) is 16.6. The monoisotopic (exact) mass is 305 g/mol. The molecule has 0 saturated carbocycles. The Labute approximate surface area is 127 Å². The highest BCUT2D eigenvalue weighted by Gasteiger charge is 2.28. The van der Waals surface area contributed by atoms with Gasteiger partial charge in [-0.2, -0.15) is 0 Å². The van der Waals surface area contributed by atoms with Crippen LogP contribution in [0.1, 0.15) is 54.5 Å². The molecule has 7 nitrogen and oxygen atoms in total. The third-order valence-electron chi connectivity index (χ3n) is 4.10. The molecule has 7 heteroatoms. The fourth-order valence-electron chi connectivity index (χ4n) is 3.00. The van der Waals surface area contributed by atoms with E-state index in [9.17, 15) is 20.0 Å². The molecule has 0 spiro atoms. The van der Waals surface area contributed by atoms with Crippen LogP contribution < -0.4 is 0 Å². The minimum Gasteiger partial charge on any atom is -0.478 e. The summed E-state index contributed by atoms with van der Waals surface area (Å²) in [6.45, 7) is 7.30. The minimum absolute atomic E-state index is 0.0756. The smallest absolute Gasteiger partial charge is 0.336 e. The number of fused-ring (bicyclic) bond motifs is 1. The van der Waals surface area contributed by atoms with Crippen molar-refractivity contribution in [1.29, 1.82) is 0 Å². The van der Waals surface area contributed by atoms with E-state index in [0.717, 1.165) is 12.8 Å². The molecule has 2 rings (SSSR count). The summed E-state index contributed by atoms with van der Waals surface area (Å²) in [6, 6.07) is 1.52. The Morgan fingerprint density at radius 1 is 1.41 bits per heavy atom. The molecule has 0 bridgehead atoms. The van der Waals surface area contributed by atoms with Gasteiger partial charge in [-0.05, 0) is 32.8 Å². The molecule has 0 radical (unpaired) electrons. The maximum atomic E-state index is 11.5. The molecule has 1 N–H and O–H groups in total. The number of nitro groups is 1. The largest absolute Gasteiger partial charge is 0.478 e. The Morgan fingerprint density at radius 2 is 2.00 bits per heavy atom. The number of benzene rings is 1. The van der Waals surface area contributed by atoms with Crippen LogP contribution in [0.4, 0.5) is 5.69 Å². The zero-order valence-electron chi connectivity index (χ0n) is 13.1. The molecule has 1 aromatic heterocycles. The standard InChI is InChI=1S/C15H19N3O4/c1-5-10(6-2)17-9(4)16-12-7-11(15(19)20)8(3)13(14(12)17)18(21)22/h7,10H,5-6H2,1-4H3,(H,19,20). The summed E-state index contributed by atoms with van der Waals surface area (Å²) in [7, 11) is 0. The van der Waals surface area contributed by atoms with Crippen molar-refractivity contribution in [1.82, 2.24) is 9.55 Å². The Bertz CT molecular complexity index is 760. The lowest BCUT2D eigenvalue weighted by molar-refractivity contribution is -0.383. The van der Waals surface area contributed by atoms with Crippen molar-refractivity contribution < 1.29 is 14.8 Å². The van der Waals surface area contributed by atoms with Crippen LogP contribution in [0, 0.1) is 24.0 Å². The lowest BCUT2D eigenvalue weighted by Crippen LogP contribution is -2.11. The number of carboxylic acid groups (broad SMARTS) is 1. The second-order valence-corrected chi connectivity index (χ2v) is 5.33. The first kappa shape index (κ1) is 15.9. The van der Waals surface area contributed by atoms with Gasteiger partial charge in [-0.3, -0.25) is 10.1 Å². The van der Waals surface area contributed by atoms with E-state index in [1.165, 1.54) is 13.0 Å². The number of carbonyl (C=O) groups is 1. The Morgan fingerprint density at radius 3 is 2.45 bits per heavy atom. The van der Waals surface area contributed by atoms with Crippen LogP contribution in [-0.2, 0) is 0 Å². The first-order valence-electron chi connectivity index (χ1n) is 7.23. The van der Waals surface area contributed by atoms with Crippen LogP contribution in [-0.4, -0.2) is 25.6 Å². The van der Waals surface area contributed by atoms with Crippen molar-refractivity contribution in [3.8, 4) is 0 Å². The van der Waals surface area contributed by atoms with E-state index in [2.05, 4.69) is 4.98 Å². The fraction of sp³-hybridized carbons (Fsp3) is 0.467. The fourth-order valence-corrected chi connectivity index (χ4v) is 3.00. The number of aromatic carboxylic acids is 1. The number of hydrogen-bond acceptors (Lipinski definition) is 4. The molecular weight excluding hydrogens is 286 g/mol. The quantitative estimate of drug-likeness (QED) is 0.672. The number of rotatable bonds is 5. The molecule has 118 valence electrons. The number of nitro benzene ring substituents is 1. The van der Waals surface area contributed by atoms with Gasteiger partial charge in [0.05, 0.1) is 16.0 Å². The Kier molecular flexibility index (Phi) is 4.16. The summed E-state index contributed by atoms with van der Waals surface area (Å²) in [4.78, 5) is 26.7. The number of nitrogens with zero attached hydrogens (tertiary/aromatic N) is 3. The van der Waals surface area contributed by atoms with Gasteiger partial charge < -0.3 is 9.67 Å². The SMILES string of the molecule is CCC(CC)n1c(C)nc2cc(C(=O)O)c(C)c([N+](=O)[O-])c21. The first-order valence-corrected chi connectivity index (χ1v) is 7.23. The van der Waals surface area contributed by atoms with E-state index in [4.69, 9.17) is 0 Å². The predicted molar refractivity (Wildman–Crippen MR) is 82.4 cm³/mol.